The molecular formula is C22H27O3Si. The Hall–Kier alpha value is -1.72. The van der Waals surface area contributed by atoms with Crippen molar-refractivity contribution in [3.05, 3.63) is 71.9 Å². The van der Waals surface area contributed by atoms with Gasteiger partial charge in [-0.3, -0.25) is 0 Å². The quantitative estimate of drug-likeness (QED) is 0.367. The molecule has 2 aromatic rings. The highest BCUT2D eigenvalue weighted by molar-refractivity contribution is 6.90. The molecule has 0 spiro atoms. The van der Waals surface area contributed by atoms with E-state index in [1.807, 2.05) is 6.92 Å². The van der Waals surface area contributed by atoms with Crippen LogP contribution in [0.2, 0.25) is 0 Å². The van der Waals surface area contributed by atoms with Crippen molar-refractivity contribution in [1.82, 2.24) is 0 Å². The average Bonchev–Trinajstić information content (AvgIpc) is 3.50. The van der Waals surface area contributed by atoms with Crippen molar-refractivity contribution in [3.8, 4) is 0 Å². The summed E-state index contributed by atoms with van der Waals surface area (Å²) in [4.78, 5) is 0. The van der Waals surface area contributed by atoms with Crippen LogP contribution in [0.3, 0.4) is 0 Å². The molecule has 2 aromatic carbocycles. The fourth-order valence-electron chi connectivity index (χ4n) is 2.84. The molecule has 1 aliphatic rings. The Morgan fingerprint density at radius 2 is 1.69 bits per heavy atom. The van der Waals surface area contributed by atoms with Crippen LogP contribution in [0.25, 0.3) is 0 Å². The Balaban J connectivity index is 1.58. The molecule has 1 fully saturated rings. The minimum absolute atomic E-state index is 0.0981. The molecule has 1 saturated heterocycles. The smallest absolute Gasteiger partial charge is 0.149 e. The summed E-state index contributed by atoms with van der Waals surface area (Å²) < 4.78 is 16.7. The van der Waals surface area contributed by atoms with E-state index in [2.05, 4.69) is 73.7 Å². The van der Waals surface area contributed by atoms with Gasteiger partial charge in [-0.2, -0.15) is 0 Å². The topological polar surface area (TPSA) is 31.0 Å². The van der Waals surface area contributed by atoms with Gasteiger partial charge in [0.05, 0.1) is 32.5 Å². The molecule has 0 N–H and O–H groups in total. The third kappa shape index (κ3) is 5.92. The Bertz CT molecular complexity index is 644. The molecule has 1 aliphatic heterocycles. The number of benzene rings is 2. The van der Waals surface area contributed by atoms with E-state index >= 15 is 0 Å². The Morgan fingerprint density at radius 3 is 2.23 bits per heavy atom. The third-order valence-corrected chi connectivity index (χ3v) is 7.16. The first-order chi connectivity index (χ1) is 12.7. The second-order valence-corrected chi connectivity index (χ2v) is 9.32. The fourth-order valence-corrected chi connectivity index (χ4v) is 5.42. The summed E-state index contributed by atoms with van der Waals surface area (Å²) in [7, 11) is -0.957. The molecule has 3 nitrogen and oxygen atoms in total. The van der Waals surface area contributed by atoms with Crippen molar-refractivity contribution < 1.29 is 14.2 Å². The predicted octanol–water partition coefficient (Wildman–Crippen LogP) is 2.60. The second kappa shape index (κ2) is 9.83. The largest absolute Gasteiger partial charge is 0.375 e. The van der Waals surface area contributed by atoms with Gasteiger partial charge in [0, 0.05) is 0 Å². The molecule has 1 heterocycles. The predicted molar refractivity (Wildman–Crippen MR) is 108 cm³/mol. The Labute approximate surface area is 158 Å². The van der Waals surface area contributed by atoms with Crippen molar-refractivity contribution in [1.29, 1.82) is 0 Å². The maximum atomic E-state index is 5.81. The lowest BCUT2D eigenvalue weighted by Crippen LogP contribution is -2.43. The standard InChI is InChI=1S/C22H27O3Si/c1-18(24-16-20-17-25-20)15-23-14-13-19(2)26(21-9-5-3-6-10-21)22-11-7-4-8-12-22/h3-13,18,20H,14-17H2,1-2H3. The molecule has 26 heavy (non-hydrogen) atoms. The van der Waals surface area contributed by atoms with Crippen LogP contribution in [0.4, 0.5) is 0 Å². The molecule has 2 atom stereocenters. The van der Waals surface area contributed by atoms with E-state index in [4.69, 9.17) is 14.2 Å². The lowest BCUT2D eigenvalue weighted by Gasteiger charge is -2.17. The summed E-state index contributed by atoms with van der Waals surface area (Å²) in [6.07, 6.45) is 2.63. The van der Waals surface area contributed by atoms with E-state index in [0.29, 0.717) is 25.9 Å². The molecule has 0 amide bonds. The molecular weight excluding hydrogens is 340 g/mol. The van der Waals surface area contributed by atoms with E-state index < -0.39 is 8.80 Å². The number of ether oxygens (including phenoxy) is 3. The van der Waals surface area contributed by atoms with Crippen molar-refractivity contribution >= 4 is 19.2 Å². The summed E-state index contributed by atoms with van der Waals surface area (Å²) in [5, 5.41) is 4.20. The molecule has 0 aromatic heterocycles. The Kier molecular flexibility index (Phi) is 7.20. The molecule has 2 unspecified atom stereocenters. The maximum Gasteiger partial charge on any atom is 0.149 e. The zero-order valence-electron chi connectivity index (χ0n) is 15.6. The van der Waals surface area contributed by atoms with Crippen LogP contribution in [0.5, 0.6) is 0 Å². The second-order valence-electron chi connectivity index (χ2n) is 6.63. The first kappa shape index (κ1) is 19.0. The Morgan fingerprint density at radius 1 is 1.12 bits per heavy atom. The van der Waals surface area contributed by atoms with E-state index in [1.54, 1.807) is 0 Å². The van der Waals surface area contributed by atoms with Crippen LogP contribution >= 0.6 is 0 Å². The van der Waals surface area contributed by atoms with Gasteiger partial charge in [-0.05, 0) is 13.8 Å². The van der Waals surface area contributed by atoms with Crippen LogP contribution in [0, 0.1) is 0 Å². The van der Waals surface area contributed by atoms with E-state index in [9.17, 15) is 0 Å². The SMILES string of the molecule is CC(=CCOCC(C)OCC1CO1)[Si](c1ccccc1)c1ccccc1. The van der Waals surface area contributed by atoms with Gasteiger partial charge < -0.3 is 14.2 Å². The van der Waals surface area contributed by atoms with Gasteiger partial charge in [-0.15, -0.1) is 0 Å². The van der Waals surface area contributed by atoms with E-state index in [1.165, 1.54) is 15.6 Å². The summed E-state index contributed by atoms with van der Waals surface area (Å²) in [5.74, 6) is 0. The number of allylic oxidation sites excluding steroid dienone is 1. The van der Waals surface area contributed by atoms with Gasteiger partial charge in [0.1, 0.15) is 14.9 Å². The van der Waals surface area contributed by atoms with Gasteiger partial charge in [0.25, 0.3) is 0 Å². The zero-order chi connectivity index (χ0) is 18.2. The third-order valence-electron chi connectivity index (χ3n) is 4.35. The fraction of sp³-hybridized carbons (Fsp3) is 0.364. The van der Waals surface area contributed by atoms with Gasteiger partial charge in [0.15, 0.2) is 0 Å². The number of rotatable bonds is 10. The molecule has 0 saturated carbocycles. The number of hydrogen-bond donors (Lipinski definition) is 0. The van der Waals surface area contributed by atoms with Crippen LogP contribution < -0.4 is 10.4 Å². The molecule has 137 valence electrons. The summed E-state index contributed by atoms with van der Waals surface area (Å²) >= 11 is 0. The average molecular weight is 368 g/mol. The molecule has 0 aliphatic carbocycles. The molecule has 3 rings (SSSR count). The van der Waals surface area contributed by atoms with Crippen LogP contribution in [0.1, 0.15) is 13.8 Å². The molecule has 4 heteroatoms. The van der Waals surface area contributed by atoms with Gasteiger partial charge >= 0.3 is 0 Å². The first-order valence-electron chi connectivity index (χ1n) is 9.20. The van der Waals surface area contributed by atoms with Gasteiger partial charge in [-0.1, -0.05) is 82.3 Å². The number of hydrogen-bond acceptors (Lipinski definition) is 3. The highest BCUT2D eigenvalue weighted by Crippen LogP contribution is 2.10. The summed E-state index contributed by atoms with van der Waals surface area (Å²) in [6, 6.07) is 21.6. The minimum atomic E-state index is -0.957. The zero-order valence-corrected chi connectivity index (χ0v) is 16.6. The van der Waals surface area contributed by atoms with E-state index in [0.717, 1.165) is 6.61 Å². The first-order valence-corrected chi connectivity index (χ1v) is 10.7. The van der Waals surface area contributed by atoms with Gasteiger partial charge in [-0.25, -0.2) is 0 Å². The van der Waals surface area contributed by atoms with Crippen molar-refractivity contribution in [2.75, 3.05) is 26.4 Å². The summed E-state index contributed by atoms with van der Waals surface area (Å²) in [5.41, 5.74) is 0. The molecule has 0 bridgehead atoms. The lowest BCUT2D eigenvalue weighted by atomic mass is 10.4. The van der Waals surface area contributed by atoms with Crippen LogP contribution in [-0.4, -0.2) is 47.4 Å². The monoisotopic (exact) mass is 367 g/mol. The van der Waals surface area contributed by atoms with Crippen LogP contribution in [0.15, 0.2) is 71.9 Å². The summed E-state index contributed by atoms with van der Waals surface area (Å²) in [6.45, 7) is 7.00. The van der Waals surface area contributed by atoms with E-state index in [-0.39, 0.29) is 6.10 Å². The number of epoxide rings is 1. The van der Waals surface area contributed by atoms with Crippen molar-refractivity contribution in [3.63, 3.8) is 0 Å². The highest BCUT2D eigenvalue weighted by Gasteiger charge is 2.23. The minimum Gasteiger partial charge on any atom is -0.375 e. The van der Waals surface area contributed by atoms with Crippen molar-refractivity contribution in [2.45, 2.75) is 26.1 Å². The normalized spacial score (nSPS) is 18.1. The maximum absolute atomic E-state index is 5.81. The van der Waals surface area contributed by atoms with Crippen molar-refractivity contribution in [2.24, 2.45) is 0 Å². The highest BCUT2D eigenvalue weighted by atomic mass is 28.3. The van der Waals surface area contributed by atoms with Crippen LogP contribution in [-0.2, 0) is 14.2 Å². The van der Waals surface area contributed by atoms with Gasteiger partial charge in [0.2, 0.25) is 0 Å². The lowest BCUT2D eigenvalue weighted by molar-refractivity contribution is -0.00503. The molecule has 1 radical (unpaired) electrons.